The van der Waals surface area contributed by atoms with Crippen molar-refractivity contribution in [1.29, 1.82) is 0 Å². The van der Waals surface area contributed by atoms with Crippen molar-refractivity contribution in [3.8, 4) is 0 Å². The van der Waals surface area contributed by atoms with Gasteiger partial charge >= 0.3 is 0 Å². The zero-order chi connectivity index (χ0) is 11.8. The zero-order valence-corrected chi connectivity index (χ0v) is 9.62. The molecule has 0 unspecified atom stereocenters. The van der Waals surface area contributed by atoms with Crippen LogP contribution in [0.5, 0.6) is 0 Å². The summed E-state index contributed by atoms with van der Waals surface area (Å²) in [5, 5.41) is 2.93. The van der Waals surface area contributed by atoms with Gasteiger partial charge in [-0.2, -0.15) is 0 Å². The van der Waals surface area contributed by atoms with Crippen molar-refractivity contribution in [2.24, 2.45) is 0 Å². The molecule has 0 heterocycles. The molecule has 0 saturated heterocycles. The van der Waals surface area contributed by atoms with Crippen molar-refractivity contribution in [3.63, 3.8) is 0 Å². The second kappa shape index (κ2) is 6.40. The van der Waals surface area contributed by atoms with Crippen LogP contribution in [0.25, 0.3) is 0 Å². The highest BCUT2D eigenvalue weighted by molar-refractivity contribution is 5.51. The van der Waals surface area contributed by atoms with E-state index in [9.17, 15) is 0 Å². The van der Waals surface area contributed by atoms with Gasteiger partial charge in [-0.25, -0.2) is 0 Å². The molecule has 1 aromatic carbocycles. The minimum atomic E-state index is 0.756. The summed E-state index contributed by atoms with van der Waals surface area (Å²) < 4.78 is 0. The fourth-order valence-electron chi connectivity index (χ4n) is 1.09. The Labute approximate surface area is 96.2 Å². The molecule has 1 rings (SSSR count). The highest BCUT2D eigenvalue weighted by Crippen LogP contribution is 2.09. The van der Waals surface area contributed by atoms with Crippen LogP contribution in [0.4, 0.5) is 11.4 Å². The highest BCUT2D eigenvalue weighted by atomic mass is 15.4. The maximum atomic E-state index is 5.60. The van der Waals surface area contributed by atoms with E-state index >= 15 is 0 Å². The van der Waals surface area contributed by atoms with Crippen LogP contribution in [0, 0.1) is 0 Å². The molecular formula is C12H18N4. The first kappa shape index (κ1) is 12.0. The Morgan fingerprint density at radius 3 is 2.50 bits per heavy atom. The van der Waals surface area contributed by atoms with Crippen molar-refractivity contribution < 1.29 is 0 Å². The Morgan fingerprint density at radius 1 is 1.25 bits per heavy atom. The lowest BCUT2D eigenvalue weighted by molar-refractivity contribution is 0.983. The van der Waals surface area contributed by atoms with E-state index in [1.807, 2.05) is 56.6 Å². The van der Waals surface area contributed by atoms with E-state index in [1.54, 1.807) is 0 Å². The summed E-state index contributed by atoms with van der Waals surface area (Å²) in [6.07, 6.45) is 5.76. The third-order valence-corrected chi connectivity index (χ3v) is 2.00. The third-order valence-electron chi connectivity index (χ3n) is 2.00. The van der Waals surface area contributed by atoms with Gasteiger partial charge in [-0.3, -0.25) is 0 Å². The number of nitrogen functional groups attached to an aromatic ring is 1. The van der Waals surface area contributed by atoms with Gasteiger partial charge in [0, 0.05) is 12.7 Å². The van der Waals surface area contributed by atoms with Crippen LogP contribution in [0.15, 0.2) is 48.3 Å². The predicted molar refractivity (Wildman–Crippen MR) is 69.6 cm³/mol. The summed E-state index contributed by atoms with van der Waals surface area (Å²) >= 11 is 0. The van der Waals surface area contributed by atoms with Crippen LogP contribution in [-0.4, -0.2) is 7.05 Å². The summed E-state index contributed by atoms with van der Waals surface area (Å²) in [6, 6.07) is 7.53. The molecule has 16 heavy (non-hydrogen) atoms. The minimum absolute atomic E-state index is 0.756. The summed E-state index contributed by atoms with van der Waals surface area (Å²) in [4.78, 5) is 0. The molecular weight excluding hydrogens is 200 g/mol. The molecule has 4 nitrogen and oxygen atoms in total. The molecule has 5 N–H and O–H groups in total. The van der Waals surface area contributed by atoms with Gasteiger partial charge in [0.15, 0.2) is 0 Å². The van der Waals surface area contributed by atoms with E-state index in [4.69, 9.17) is 5.73 Å². The van der Waals surface area contributed by atoms with Gasteiger partial charge in [-0.05, 0) is 43.5 Å². The number of hydrogen-bond acceptors (Lipinski definition) is 4. The first-order chi connectivity index (χ1) is 7.76. The second-order valence-corrected chi connectivity index (χ2v) is 3.24. The number of benzene rings is 1. The average molecular weight is 218 g/mol. The summed E-state index contributed by atoms with van der Waals surface area (Å²) in [5.74, 6) is 0. The van der Waals surface area contributed by atoms with E-state index in [1.165, 1.54) is 0 Å². The monoisotopic (exact) mass is 218 g/mol. The topological polar surface area (TPSA) is 62.1 Å². The highest BCUT2D eigenvalue weighted by Gasteiger charge is 1.91. The van der Waals surface area contributed by atoms with Crippen molar-refractivity contribution in [3.05, 3.63) is 48.3 Å². The quantitative estimate of drug-likeness (QED) is 0.346. The molecule has 0 saturated carbocycles. The SMILES string of the molecule is C/C=C(\C=C/NC)NNc1ccc(N)cc1. The molecule has 0 aliphatic rings. The Kier molecular flexibility index (Phi) is 4.79. The van der Waals surface area contributed by atoms with Gasteiger partial charge in [0.25, 0.3) is 0 Å². The van der Waals surface area contributed by atoms with E-state index < -0.39 is 0 Å². The standard InChI is InChI=1S/C12H18N4/c1-3-11(8-9-14-2)15-16-12-6-4-10(13)5-7-12/h3-9,14-16H,13H2,1-2H3/b9-8-,11-3+. The number of rotatable bonds is 5. The van der Waals surface area contributed by atoms with Gasteiger partial charge in [0.2, 0.25) is 0 Å². The van der Waals surface area contributed by atoms with Gasteiger partial charge in [-0.15, -0.1) is 0 Å². The van der Waals surface area contributed by atoms with Crippen LogP contribution < -0.4 is 21.9 Å². The third kappa shape index (κ3) is 3.96. The van der Waals surface area contributed by atoms with E-state index in [-0.39, 0.29) is 0 Å². The molecule has 0 spiro atoms. The van der Waals surface area contributed by atoms with Gasteiger partial charge in [-0.1, -0.05) is 6.08 Å². The summed E-state index contributed by atoms with van der Waals surface area (Å²) in [6.45, 7) is 1.97. The van der Waals surface area contributed by atoms with Crippen LogP contribution in [-0.2, 0) is 0 Å². The Balaban J connectivity index is 2.50. The lowest BCUT2D eigenvalue weighted by atomic mass is 10.3. The van der Waals surface area contributed by atoms with Gasteiger partial charge < -0.3 is 21.9 Å². The molecule has 0 bridgehead atoms. The van der Waals surface area contributed by atoms with Crippen LogP contribution in [0.2, 0.25) is 0 Å². The molecule has 86 valence electrons. The molecule has 0 aromatic heterocycles. The number of nitrogens with one attached hydrogen (secondary N) is 3. The first-order valence-corrected chi connectivity index (χ1v) is 5.14. The molecule has 1 aromatic rings. The second-order valence-electron chi connectivity index (χ2n) is 3.24. The van der Waals surface area contributed by atoms with Crippen molar-refractivity contribution >= 4 is 11.4 Å². The molecule has 0 radical (unpaired) electrons. The Morgan fingerprint density at radius 2 is 1.94 bits per heavy atom. The summed E-state index contributed by atoms with van der Waals surface area (Å²) in [5.41, 5.74) is 14.5. The molecule has 0 atom stereocenters. The number of hydrazine groups is 1. The first-order valence-electron chi connectivity index (χ1n) is 5.14. The fourth-order valence-corrected chi connectivity index (χ4v) is 1.09. The predicted octanol–water partition coefficient (Wildman–Crippen LogP) is 1.82. The molecule has 0 fully saturated rings. The number of allylic oxidation sites excluding steroid dienone is 2. The number of nitrogens with two attached hydrogens (primary N) is 1. The van der Waals surface area contributed by atoms with Crippen LogP contribution in [0.3, 0.4) is 0 Å². The van der Waals surface area contributed by atoms with E-state index in [0.29, 0.717) is 0 Å². The van der Waals surface area contributed by atoms with Crippen molar-refractivity contribution in [2.45, 2.75) is 6.92 Å². The maximum Gasteiger partial charge on any atom is 0.0541 e. The average Bonchev–Trinajstić information content (AvgIpc) is 2.32. The van der Waals surface area contributed by atoms with E-state index in [2.05, 4.69) is 16.2 Å². The Bertz CT molecular complexity index is 365. The Hall–Kier alpha value is -2.10. The minimum Gasteiger partial charge on any atom is -0.399 e. The largest absolute Gasteiger partial charge is 0.399 e. The number of anilines is 2. The van der Waals surface area contributed by atoms with Gasteiger partial charge in [0.05, 0.1) is 11.4 Å². The van der Waals surface area contributed by atoms with Crippen LogP contribution >= 0.6 is 0 Å². The molecule has 4 heteroatoms. The van der Waals surface area contributed by atoms with Gasteiger partial charge in [0.1, 0.15) is 0 Å². The van der Waals surface area contributed by atoms with E-state index in [0.717, 1.165) is 17.1 Å². The van der Waals surface area contributed by atoms with Crippen molar-refractivity contribution in [2.75, 3.05) is 18.2 Å². The lowest BCUT2D eigenvalue weighted by Gasteiger charge is -2.10. The fraction of sp³-hybridized carbons (Fsp3) is 0.167. The molecule has 0 aliphatic carbocycles. The normalized spacial score (nSPS) is 11.5. The number of hydrogen-bond donors (Lipinski definition) is 4. The van der Waals surface area contributed by atoms with Crippen LogP contribution in [0.1, 0.15) is 6.92 Å². The smallest absolute Gasteiger partial charge is 0.0541 e. The lowest BCUT2D eigenvalue weighted by Crippen LogP contribution is -2.19. The molecule has 0 aliphatic heterocycles. The van der Waals surface area contributed by atoms with Crippen molar-refractivity contribution in [1.82, 2.24) is 10.7 Å². The molecule has 0 amide bonds. The maximum absolute atomic E-state index is 5.60. The summed E-state index contributed by atoms with van der Waals surface area (Å²) in [7, 11) is 1.86. The zero-order valence-electron chi connectivity index (χ0n) is 9.62.